The predicted molar refractivity (Wildman–Crippen MR) is 107 cm³/mol. The molecule has 0 unspecified atom stereocenters. The molecule has 2 atom stereocenters. The van der Waals surface area contributed by atoms with Gasteiger partial charge >= 0.3 is 0 Å². The monoisotopic (exact) mass is 386 g/mol. The van der Waals surface area contributed by atoms with Crippen LogP contribution in [0.4, 0.5) is 5.69 Å². The van der Waals surface area contributed by atoms with Gasteiger partial charge in [-0.1, -0.05) is 37.5 Å². The van der Waals surface area contributed by atoms with Crippen molar-refractivity contribution in [3.63, 3.8) is 0 Å². The highest BCUT2D eigenvalue weighted by Gasteiger charge is 2.23. The Hall–Kier alpha value is -2.34. The van der Waals surface area contributed by atoms with Crippen LogP contribution in [0.15, 0.2) is 53.4 Å². The molecule has 0 bridgehead atoms. The quantitative estimate of drug-likeness (QED) is 0.812. The summed E-state index contributed by atoms with van der Waals surface area (Å²) < 4.78 is 27.6. The van der Waals surface area contributed by atoms with Gasteiger partial charge in [-0.05, 0) is 62.1 Å². The molecule has 1 aliphatic carbocycles. The third-order valence-electron chi connectivity index (χ3n) is 5.16. The summed E-state index contributed by atoms with van der Waals surface area (Å²) in [6.07, 6.45) is 4.48. The minimum atomic E-state index is -3.69. The standard InChI is InChI=1S/C21H26N2O3S/c1-15-7-11-18(12-8-15)23-27(25,26)19-13-9-17(10-14-19)21(24)22-20-6-4-3-5-16(20)2/h7-14,16,20,23H,3-6H2,1-2H3,(H,22,24)/t16-,20+/m0/s1. The Balaban J connectivity index is 1.68. The first-order valence-corrected chi connectivity index (χ1v) is 10.8. The zero-order valence-corrected chi connectivity index (χ0v) is 16.6. The molecule has 2 N–H and O–H groups in total. The third-order valence-corrected chi connectivity index (χ3v) is 6.56. The molecule has 0 radical (unpaired) electrons. The third kappa shape index (κ3) is 4.89. The molecule has 144 valence electrons. The second-order valence-corrected chi connectivity index (χ2v) is 9.02. The van der Waals surface area contributed by atoms with Crippen molar-refractivity contribution < 1.29 is 13.2 Å². The first kappa shape index (κ1) is 19.4. The first-order chi connectivity index (χ1) is 12.8. The van der Waals surface area contributed by atoms with Gasteiger partial charge in [-0.15, -0.1) is 0 Å². The topological polar surface area (TPSA) is 75.3 Å². The molecule has 1 saturated carbocycles. The summed E-state index contributed by atoms with van der Waals surface area (Å²) in [5.74, 6) is 0.324. The first-order valence-electron chi connectivity index (χ1n) is 9.35. The maximum Gasteiger partial charge on any atom is 0.261 e. The molecule has 27 heavy (non-hydrogen) atoms. The SMILES string of the molecule is Cc1ccc(NS(=O)(=O)c2ccc(C(=O)N[C@@H]3CCCC[C@@H]3C)cc2)cc1. The van der Waals surface area contributed by atoms with Gasteiger partial charge in [0.15, 0.2) is 0 Å². The Bertz CT molecular complexity index is 890. The maximum absolute atomic E-state index is 12.5. The van der Waals surface area contributed by atoms with Crippen LogP contribution in [0.25, 0.3) is 0 Å². The van der Waals surface area contributed by atoms with Gasteiger partial charge in [-0.25, -0.2) is 8.42 Å². The van der Waals surface area contributed by atoms with E-state index < -0.39 is 10.0 Å². The lowest BCUT2D eigenvalue weighted by molar-refractivity contribution is 0.0910. The molecule has 1 aliphatic rings. The van der Waals surface area contributed by atoms with E-state index in [9.17, 15) is 13.2 Å². The molecule has 0 saturated heterocycles. The highest BCUT2D eigenvalue weighted by molar-refractivity contribution is 7.92. The lowest BCUT2D eigenvalue weighted by Gasteiger charge is -2.29. The van der Waals surface area contributed by atoms with Gasteiger partial charge in [0.25, 0.3) is 15.9 Å². The summed E-state index contributed by atoms with van der Waals surface area (Å²) in [7, 11) is -3.69. The number of benzene rings is 2. The van der Waals surface area contributed by atoms with E-state index >= 15 is 0 Å². The molecular weight excluding hydrogens is 360 g/mol. The fraction of sp³-hybridized carbons (Fsp3) is 0.381. The number of nitrogens with one attached hydrogen (secondary N) is 2. The van der Waals surface area contributed by atoms with Crippen LogP contribution in [0, 0.1) is 12.8 Å². The van der Waals surface area contributed by atoms with Crippen molar-refractivity contribution in [1.82, 2.24) is 5.32 Å². The van der Waals surface area contributed by atoms with Crippen molar-refractivity contribution in [1.29, 1.82) is 0 Å². The lowest BCUT2D eigenvalue weighted by Crippen LogP contribution is -2.41. The molecule has 1 fully saturated rings. The van der Waals surface area contributed by atoms with E-state index in [0.29, 0.717) is 17.2 Å². The summed E-state index contributed by atoms with van der Waals surface area (Å²) in [6.45, 7) is 4.10. The largest absolute Gasteiger partial charge is 0.349 e. The van der Waals surface area contributed by atoms with Gasteiger partial charge in [-0.3, -0.25) is 9.52 Å². The number of anilines is 1. The number of amides is 1. The van der Waals surface area contributed by atoms with Crippen LogP contribution in [0.2, 0.25) is 0 Å². The van der Waals surface area contributed by atoms with Crippen LogP contribution in [-0.2, 0) is 10.0 Å². The Morgan fingerprint density at radius 3 is 2.22 bits per heavy atom. The van der Waals surface area contributed by atoms with Crippen molar-refractivity contribution in [2.24, 2.45) is 5.92 Å². The van der Waals surface area contributed by atoms with E-state index in [1.807, 2.05) is 19.1 Å². The second-order valence-electron chi connectivity index (χ2n) is 7.34. The molecule has 6 heteroatoms. The molecule has 3 rings (SSSR count). The van der Waals surface area contributed by atoms with Crippen LogP contribution < -0.4 is 10.0 Å². The molecule has 2 aromatic rings. The summed E-state index contributed by atoms with van der Waals surface area (Å²) in [5.41, 5.74) is 2.04. The van der Waals surface area contributed by atoms with E-state index in [2.05, 4.69) is 17.0 Å². The fourth-order valence-corrected chi connectivity index (χ4v) is 4.46. The van der Waals surface area contributed by atoms with Crippen LogP contribution in [-0.4, -0.2) is 20.4 Å². The van der Waals surface area contributed by atoms with Gasteiger partial charge in [-0.2, -0.15) is 0 Å². The van der Waals surface area contributed by atoms with E-state index in [1.165, 1.54) is 18.6 Å². The Kier molecular flexibility index (Phi) is 5.85. The number of rotatable bonds is 5. The van der Waals surface area contributed by atoms with Crippen molar-refractivity contribution in [2.45, 2.75) is 50.5 Å². The molecule has 2 aromatic carbocycles. The average molecular weight is 387 g/mol. The lowest BCUT2D eigenvalue weighted by atomic mass is 9.86. The number of sulfonamides is 1. The summed E-state index contributed by atoms with van der Waals surface area (Å²) >= 11 is 0. The normalized spacial score (nSPS) is 20.1. The molecule has 0 aromatic heterocycles. The van der Waals surface area contributed by atoms with Crippen LogP contribution in [0.1, 0.15) is 48.5 Å². The molecular formula is C21H26N2O3S. The van der Waals surface area contributed by atoms with Gasteiger partial charge in [0.1, 0.15) is 0 Å². The summed E-state index contributed by atoms with van der Waals surface area (Å²) in [5, 5.41) is 3.08. The van der Waals surface area contributed by atoms with E-state index in [1.54, 1.807) is 24.3 Å². The maximum atomic E-state index is 12.5. The van der Waals surface area contributed by atoms with E-state index in [0.717, 1.165) is 24.8 Å². The van der Waals surface area contributed by atoms with Crippen molar-refractivity contribution in [3.05, 3.63) is 59.7 Å². The zero-order valence-electron chi connectivity index (χ0n) is 15.7. The van der Waals surface area contributed by atoms with Gasteiger partial charge in [0.05, 0.1) is 4.90 Å². The van der Waals surface area contributed by atoms with Gasteiger partial charge in [0.2, 0.25) is 0 Å². The highest BCUT2D eigenvalue weighted by atomic mass is 32.2. The zero-order chi connectivity index (χ0) is 19.4. The molecule has 0 aliphatic heterocycles. The number of hydrogen-bond acceptors (Lipinski definition) is 3. The predicted octanol–water partition coefficient (Wildman–Crippen LogP) is 4.10. The van der Waals surface area contributed by atoms with Crippen molar-refractivity contribution >= 4 is 21.6 Å². The minimum absolute atomic E-state index is 0.130. The molecule has 5 nitrogen and oxygen atoms in total. The summed E-state index contributed by atoms with van der Waals surface area (Å²) in [6, 6.07) is 13.4. The molecule has 0 spiro atoms. The Morgan fingerprint density at radius 2 is 1.59 bits per heavy atom. The van der Waals surface area contributed by atoms with Gasteiger partial charge in [0, 0.05) is 17.3 Å². The number of aryl methyl sites for hydroxylation is 1. The smallest absolute Gasteiger partial charge is 0.261 e. The highest BCUT2D eigenvalue weighted by Crippen LogP contribution is 2.24. The van der Waals surface area contributed by atoms with E-state index in [-0.39, 0.29) is 16.8 Å². The second kappa shape index (κ2) is 8.13. The van der Waals surface area contributed by atoms with Crippen molar-refractivity contribution in [3.8, 4) is 0 Å². The number of hydrogen-bond donors (Lipinski definition) is 2. The van der Waals surface area contributed by atoms with Gasteiger partial charge < -0.3 is 5.32 Å². The van der Waals surface area contributed by atoms with Crippen LogP contribution in [0.3, 0.4) is 0 Å². The van der Waals surface area contributed by atoms with Crippen LogP contribution >= 0.6 is 0 Å². The van der Waals surface area contributed by atoms with E-state index in [4.69, 9.17) is 0 Å². The molecule has 1 amide bonds. The van der Waals surface area contributed by atoms with Crippen molar-refractivity contribution in [2.75, 3.05) is 4.72 Å². The average Bonchev–Trinajstić information content (AvgIpc) is 2.65. The van der Waals surface area contributed by atoms with Crippen LogP contribution in [0.5, 0.6) is 0 Å². The Labute approximate surface area is 161 Å². The fourth-order valence-electron chi connectivity index (χ4n) is 3.40. The molecule has 0 heterocycles. The number of carbonyl (C=O) groups is 1. The minimum Gasteiger partial charge on any atom is -0.349 e. The number of carbonyl (C=O) groups excluding carboxylic acids is 1. The Morgan fingerprint density at radius 1 is 0.963 bits per heavy atom. The summed E-state index contributed by atoms with van der Waals surface area (Å²) in [4.78, 5) is 12.6.